The van der Waals surface area contributed by atoms with Gasteiger partial charge >= 0.3 is 0 Å². The summed E-state index contributed by atoms with van der Waals surface area (Å²) in [5.41, 5.74) is 7.44. The van der Waals surface area contributed by atoms with Crippen molar-refractivity contribution >= 4 is 0 Å². The van der Waals surface area contributed by atoms with Crippen LogP contribution in [0, 0.1) is 12.0 Å². The fourth-order valence-corrected chi connectivity index (χ4v) is 3.56. The van der Waals surface area contributed by atoms with Gasteiger partial charge in [-0.05, 0) is 69.8 Å². The molecular weight excluding hydrogens is 348 g/mol. The van der Waals surface area contributed by atoms with Gasteiger partial charge in [0.2, 0.25) is 0 Å². The quantitative estimate of drug-likeness (QED) is 0.557. The van der Waals surface area contributed by atoms with E-state index < -0.39 is 0 Å². The molecule has 145 valence electrons. The zero-order valence-corrected chi connectivity index (χ0v) is 16.2. The van der Waals surface area contributed by atoms with Crippen molar-refractivity contribution in [3.05, 3.63) is 83.4 Å². The largest absolute Gasteiger partial charge is 0.396 e. The highest BCUT2D eigenvalue weighted by Crippen LogP contribution is 2.32. The molecule has 1 atom stereocenters. The molecule has 28 heavy (non-hydrogen) atoms. The lowest BCUT2D eigenvalue weighted by molar-refractivity contribution is 0.237. The maximum absolute atomic E-state index is 9.59. The second-order valence-electron chi connectivity index (χ2n) is 7.28. The van der Waals surface area contributed by atoms with Crippen LogP contribution in [0.2, 0.25) is 0 Å². The summed E-state index contributed by atoms with van der Waals surface area (Å²) in [5, 5.41) is 28.4. The van der Waals surface area contributed by atoms with Gasteiger partial charge in [-0.25, -0.2) is 0 Å². The van der Waals surface area contributed by atoms with Gasteiger partial charge in [-0.3, -0.25) is 0 Å². The minimum absolute atomic E-state index is 0.00811. The first-order valence-corrected chi connectivity index (χ1v) is 9.70. The average Bonchev–Trinajstić information content (AvgIpc) is 2.74. The molecule has 0 bridgehead atoms. The number of rotatable bonds is 8. The van der Waals surface area contributed by atoms with Crippen LogP contribution in [0.5, 0.6) is 0 Å². The average molecular weight is 375 g/mol. The van der Waals surface area contributed by atoms with Crippen LogP contribution in [-0.2, 0) is 19.4 Å². The molecule has 0 aliphatic rings. The Bertz CT molecular complexity index is 917. The summed E-state index contributed by atoms with van der Waals surface area (Å²) in [6, 6.07) is 23.3. The third-order valence-electron chi connectivity index (χ3n) is 5.05. The van der Waals surface area contributed by atoms with E-state index in [9.17, 15) is 15.3 Å². The molecule has 0 saturated heterocycles. The van der Waals surface area contributed by atoms with E-state index in [0.29, 0.717) is 6.42 Å². The van der Waals surface area contributed by atoms with E-state index in [4.69, 9.17) is 0 Å². The first-order valence-electron chi connectivity index (χ1n) is 9.70. The Morgan fingerprint density at radius 1 is 0.893 bits per heavy atom. The third-order valence-corrected chi connectivity index (χ3v) is 5.05. The van der Waals surface area contributed by atoms with Crippen molar-refractivity contribution in [1.29, 1.82) is 0 Å². The van der Waals surface area contributed by atoms with Crippen molar-refractivity contribution in [2.45, 2.75) is 26.4 Å². The molecule has 0 aliphatic carbocycles. The molecular formula is C25H27O3. The van der Waals surface area contributed by atoms with E-state index in [1.807, 2.05) is 43.3 Å². The summed E-state index contributed by atoms with van der Waals surface area (Å²) in [5.74, 6) is 0.187. The van der Waals surface area contributed by atoms with Gasteiger partial charge in [0.05, 0.1) is 6.61 Å². The lowest BCUT2D eigenvalue weighted by atomic mass is 9.89. The van der Waals surface area contributed by atoms with Gasteiger partial charge in [-0.15, -0.1) is 0 Å². The molecule has 0 aromatic heterocycles. The van der Waals surface area contributed by atoms with E-state index in [2.05, 4.69) is 30.3 Å². The second-order valence-corrected chi connectivity index (χ2v) is 7.28. The Labute approximate surface area is 166 Å². The number of aliphatic hydroxyl groups is 3. The van der Waals surface area contributed by atoms with Crippen LogP contribution in [0.1, 0.15) is 23.6 Å². The predicted molar refractivity (Wildman–Crippen MR) is 113 cm³/mol. The Morgan fingerprint density at radius 3 is 2.43 bits per heavy atom. The molecule has 1 radical (unpaired) electrons. The molecule has 3 N–H and O–H groups in total. The van der Waals surface area contributed by atoms with Crippen LogP contribution in [0.15, 0.2) is 60.7 Å². The van der Waals surface area contributed by atoms with Gasteiger partial charge in [-0.2, -0.15) is 0 Å². The standard InChI is InChI=1S/C25H27O3/c1-18(16-27)13-20-6-2-3-8-24(20)22-9-10-25(23(15-22)11-12-26)21-7-4-5-19(14-21)17-28/h3-10,14-15,18,26-28H,11-13,16-17H2,1H3. The predicted octanol–water partition coefficient (Wildman–Crippen LogP) is 4.02. The van der Waals surface area contributed by atoms with Crippen LogP contribution in [0.4, 0.5) is 0 Å². The summed E-state index contributed by atoms with van der Waals surface area (Å²) < 4.78 is 0. The molecule has 0 amide bonds. The van der Waals surface area contributed by atoms with Crippen LogP contribution >= 0.6 is 0 Å². The lowest BCUT2D eigenvalue weighted by Crippen LogP contribution is -2.05. The minimum Gasteiger partial charge on any atom is -0.396 e. The van der Waals surface area contributed by atoms with Gasteiger partial charge in [0.15, 0.2) is 0 Å². The molecule has 3 rings (SSSR count). The van der Waals surface area contributed by atoms with E-state index >= 15 is 0 Å². The summed E-state index contributed by atoms with van der Waals surface area (Å²) in [6.45, 7) is 2.27. The van der Waals surface area contributed by atoms with Crippen molar-refractivity contribution in [3.8, 4) is 22.3 Å². The van der Waals surface area contributed by atoms with Gasteiger partial charge in [0.25, 0.3) is 0 Å². The van der Waals surface area contributed by atoms with Crippen molar-refractivity contribution in [2.24, 2.45) is 5.92 Å². The first-order chi connectivity index (χ1) is 13.7. The summed E-state index contributed by atoms with van der Waals surface area (Å²) >= 11 is 0. The molecule has 0 saturated carbocycles. The zero-order valence-electron chi connectivity index (χ0n) is 16.2. The molecule has 3 aromatic rings. The Morgan fingerprint density at radius 2 is 1.68 bits per heavy atom. The lowest BCUT2D eigenvalue weighted by Gasteiger charge is -2.16. The fraction of sp³-hybridized carbons (Fsp3) is 0.280. The molecule has 1 unspecified atom stereocenters. The molecule has 0 spiro atoms. The topological polar surface area (TPSA) is 60.7 Å². The maximum atomic E-state index is 9.59. The number of hydrogen-bond acceptors (Lipinski definition) is 3. The van der Waals surface area contributed by atoms with Gasteiger partial charge in [0, 0.05) is 13.2 Å². The van der Waals surface area contributed by atoms with Gasteiger partial charge < -0.3 is 15.3 Å². The maximum Gasteiger partial charge on any atom is 0.0682 e. The fourth-order valence-electron chi connectivity index (χ4n) is 3.56. The van der Waals surface area contributed by atoms with Crippen molar-refractivity contribution in [3.63, 3.8) is 0 Å². The van der Waals surface area contributed by atoms with E-state index in [1.165, 1.54) is 0 Å². The Balaban J connectivity index is 2.04. The summed E-state index contributed by atoms with van der Waals surface area (Å²) in [7, 11) is 0. The minimum atomic E-state index is 0.00811. The van der Waals surface area contributed by atoms with E-state index in [1.54, 1.807) is 0 Å². The van der Waals surface area contributed by atoms with Crippen molar-refractivity contribution < 1.29 is 15.3 Å². The van der Waals surface area contributed by atoms with Crippen LogP contribution in [-0.4, -0.2) is 28.5 Å². The van der Waals surface area contributed by atoms with Crippen LogP contribution in [0.3, 0.4) is 0 Å². The normalized spacial score (nSPS) is 12.1. The highest BCUT2D eigenvalue weighted by molar-refractivity contribution is 5.75. The molecule has 0 fully saturated rings. The van der Waals surface area contributed by atoms with Gasteiger partial charge in [0.1, 0.15) is 0 Å². The Kier molecular flexibility index (Phi) is 6.99. The van der Waals surface area contributed by atoms with E-state index in [-0.39, 0.29) is 25.7 Å². The molecule has 3 aromatic carbocycles. The van der Waals surface area contributed by atoms with Crippen molar-refractivity contribution in [1.82, 2.24) is 0 Å². The van der Waals surface area contributed by atoms with Gasteiger partial charge in [-0.1, -0.05) is 61.5 Å². The molecule has 3 heteroatoms. The first kappa shape index (κ1) is 20.3. The SMILES string of the molecule is CC(CO)Cc1c[c]ccc1-c1ccc(-c2cccc(CO)c2)c(CCO)c1. The Hall–Kier alpha value is -2.46. The van der Waals surface area contributed by atoms with Crippen LogP contribution < -0.4 is 0 Å². The molecule has 3 nitrogen and oxygen atoms in total. The molecule has 0 heterocycles. The highest BCUT2D eigenvalue weighted by Gasteiger charge is 2.12. The zero-order chi connectivity index (χ0) is 19.9. The second kappa shape index (κ2) is 9.65. The smallest absolute Gasteiger partial charge is 0.0682 e. The number of aliphatic hydroxyl groups excluding tert-OH is 3. The van der Waals surface area contributed by atoms with Crippen LogP contribution in [0.25, 0.3) is 22.3 Å². The monoisotopic (exact) mass is 375 g/mol. The summed E-state index contributed by atoms with van der Waals surface area (Å²) in [6.07, 6.45) is 1.35. The van der Waals surface area contributed by atoms with Crippen molar-refractivity contribution in [2.75, 3.05) is 13.2 Å². The highest BCUT2D eigenvalue weighted by atomic mass is 16.3. The number of benzene rings is 3. The van der Waals surface area contributed by atoms with E-state index in [0.717, 1.165) is 45.4 Å². The summed E-state index contributed by atoms with van der Waals surface area (Å²) in [4.78, 5) is 0. The third kappa shape index (κ3) is 4.68. The number of hydrogen-bond donors (Lipinski definition) is 3. The molecule has 0 aliphatic heterocycles.